The van der Waals surface area contributed by atoms with Crippen molar-refractivity contribution in [2.75, 3.05) is 20.1 Å². The molecule has 0 aliphatic carbocycles. The summed E-state index contributed by atoms with van der Waals surface area (Å²) in [6.07, 6.45) is 0. The minimum Gasteiger partial charge on any atom is -0.353 e. The first-order chi connectivity index (χ1) is 10.0. The Morgan fingerprint density at radius 2 is 1.81 bits per heavy atom. The molecule has 0 radical (unpaired) electrons. The summed E-state index contributed by atoms with van der Waals surface area (Å²) in [6, 6.07) is 5.54. The average molecular weight is 296 g/mol. The van der Waals surface area contributed by atoms with Crippen molar-refractivity contribution in [1.82, 2.24) is 21.3 Å². The third-order valence-electron chi connectivity index (χ3n) is 2.87. The van der Waals surface area contributed by atoms with Crippen LogP contribution in [-0.2, 0) is 11.3 Å². The number of likely N-dealkylation sites (N-methyl/N-ethyl adjacent to an activating group) is 1. The van der Waals surface area contributed by atoms with Crippen molar-refractivity contribution in [1.29, 1.82) is 0 Å². The third kappa shape index (κ3) is 7.26. The highest BCUT2D eigenvalue weighted by molar-refractivity contribution is 5.83. The lowest BCUT2D eigenvalue weighted by atomic mass is 10.2. The monoisotopic (exact) mass is 296 g/mol. The second-order valence-corrected chi connectivity index (χ2v) is 4.66. The lowest BCUT2D eigenvalue weighted by molar-refractivity contribution is -0.120. The number of halogens is 1. The van der Waals surface area contributed by atoms with Crippen LogP contribution >= 0.6 is 0 Å². The molecule has 0 bridgehead atoms. The van der Waals surface area contributed by atoms with Crippen molar-refractivity contribution in [2.45, 2.75) is 19.5 Å². The van der Waals surface area contributed by atoms with Crippen LogP contribution in [0.25, 0.3) is 0 Å². The standard InChI is InChI=1S/C14H21FN4O2/c1-10(16-2)7-17-13(20)9-19-14(21)18-8-11-3-5-12(15)6-4-11/h3-6,10,16H,7-9H2,1-2H3,(H,17,20)(H2,18,19,21). The summed E-state index contributed by atoms with van der Waals surface area (Å²) < 4.78 is 12.7. The van der Waals surface area contributed by atoms with E-state index in [0.717, 1.165) is 5.56 Å². The van der Waals surface area contributed by atoms with E-state index in [1.165, 1.54) is 12.1 Å². The van der Waals surface area contributed by atoms with Gasteiger partial charge in [-0.15, -0.1) is 0 Å². The Morgan fingerprint density at radius 3 is 2.43 bits per heavy atom. The fraction of sp³-hybridized carbons (Fsp3) is 0.429. The Balaban J connectivity index is 2.19. The van der Waals surface area contributed by atoms with Gasteiger partial charge in [-0.25, -0.2) is 9.18 Å². The maximum Gasteiger partial charge on any atom is 0.315 e. The highest BCUT2D eigenvalue weighted by Gasteiger charge is 2.06. The highest BCUT2D eigenvalue weighted by Crippen LogP contribution is 2.01. The maximum absolute atomic E-state index is 12.7. The number of benzene rings is 1. The minimum absolute atomic E-state index is 0.0916. The number of hydrogen-bond donors (Lipinski definition) is 4. The third-order valence-corrected chi connectivity index (χ3v) is 2.87. The fourth-order valence-electron chi connectivity index (χ4n) is 1.44. The van der Waals surface area contributed by atoms with Crippen LogP contribution in [0, 0.1) is 5.82 Å². The van der Waals surface area contributed by atoms with E-state index in [9.17, 15) is 14.0 Å². The van der Waals surface area contributed by atoms with E-state index >= 15 is 0 Å². The number of carbonyl (C=O) groups excluding carboxylic acids is 2. The van der Waals surface area contributed by atoms with Gasteiger partial charge in [0.15, 0.2) is 0 Å². The molecule has 0 saturated carbocycles. The smallest absolute Gasteiger partial charge is 0.315 e. The molecular weight excluding hydrogens is 275 g/mol. The Labute approximate surface area is 123 Å². The van der Waals surface area contributed by atoms with E-state index < -0.39 is 6.03 Å². The van der Waals surface area contributed by atoms with Crippen LogP contribution in [0.15, 0.2) is 24.3 Å². The molecule has 3 amide bonds. The number of carbonyl (C=O) groups is 2. The van der Waals surface area contributed by atoms with Crippen LogP contribution in [0.3, 0.4) is 0 Å². The van der Waals surface area contributed by atoms with Crippen molar-refractivity contribution in [3.8, 4) is 0 Å². The highest BCUT2D eigenvalue weighted by atomic mass is 19.1. The van der Waals surface area contributed by atoms with Crippen LogP contribution in [0.5, 0.6) is 0 Å². The van der Waals surface area contributed by atoms with Gasteiger partial charge in [0, 0.05) is 19.1 Å². The van der Waals surface area contributed by atoms with Crippen LogP contribution < -0.4 is 21.3 Å². The molecule has 0 spiro atoms. The lowest BCUT2D eigenvalue weighted by Gasteiger charge is -2.12. The van der Waals surface area contributed by atoms with Gasteiger partial charge in [0.25, 0.3) is 0 Å². The number of urea groups is 1. The molecule has 0 aliphatic rings. The van der Waals surface area contributed by atoms with Gasteiger partial charge < -0.3 is 21.3 Å². The van der Waals surface area contributed by atoms with Crippen LogP contribution in [-0.4, -0.2) is 38.1 Å². The quantitative estimate of drug-likeness (QED) is 0.586. The van der Waals surface area contributed by atoms with E-state index in [0.29, 0.717) is 6.54 Å². The molecule has 1 aromatic rings. The van der Waals surface area contributed by atoms with E-state index in [2.05, 4.69) is 21.3 Å². The topological polar surface area (TPSA) is 82.3 Å². The second kappa shape index (κ2) is 8.91. The molecule has 4 N–H and O–H groups in total. The molecule has 0 fully saturated rings. The lowest BCUT2D eigenvalue weighted by Crippen LogP contribution is -2.44. The van der Waals surface area contributed by atoms with Crippen LogP contribution in [0.1, 0.15) is 12.5 Å². The van der Waals surface area contributed by atoms with Gasteiger partial charge in [0.05, 0.1) is 6.54 Å². The molecule has 1 aromatic carbocycles. The summed E-state index contributed by atoms with van der Waals surface area (Å²) in [7, 11) is 1.80. The van der Waals surface area contributed by atoms with Gasteiger partial charge in [-0.1, -0.05) is 12.1 Å². The van der Waals surface area contributed by atoms with E-state index in [4.69, 9.17) is 0 Å². The van der Waals surface area contributed by atoms with E-state index in [1.54, 1.807) is 19.2 Å². The zero-order valence-electron chi connectivity index (χ0n) is 12.2. The van der Waals surface area contributed by atoms with Gasteiger partial charge >= 0.3 is 6.03 Å². The van der Waals surface area contributed by atoms with E-state index in [-0.39, 0.29) is 30.9 Å². The first-order valence-corrected chi connectivity index (χ1v) is 6.71. The average Bonchev–Trinajstić information content (AvgIpc) is 2.49. The molecule has 0 aromatic heterocycles. The SMILES string of the molecule is CNC(C)CNC(=O)CNC(=O)NCc1ccc(F)cc1. The Bertz CT molecular complexity index is 465. The molecular formula is C14H21FN4O2. The zero-order chi connectivity index (χ0) is 15.7. The zero-order valence-corrected chi connectivity index (χ0v) is 12.2. The largest absolute Gasteiger partial charge is 0.353 e. The predicted octanol–water partition coefficient (Wildman–Crippen LogP) is 0.349. The Kier molecular flexibility index (Phi) is 7.17. The first-order valence-electron chi connectivity index (χ1n) is 6.71. The van der Waals surface area contributed by atoms with Crippen molar-refractivity contribution in [3.63, 3.8) is 0 Å². The molecule has 0 aliphatic heterocycles. The van der Waals surface area contributed by atoms with Crippen LogP contribution in [0.4, 0.5) is 9.18 Å². The molecule has 1 unspecified atom stereocenters. The van der Waals surface area contributed by atoms with Gasteiger partial charge in [-0.2, -0.15) is 0 Å². The maximum atomic E-state index is 12.7. The number of hydrogen-bond acceptors (Lipinski definition) is 3. The number of amides is 3. The molecule has 116 valence electrons. The summed E-state index contributed by atoms with van der Waals surface area (Å²) in [5, 5.41) is 10.7. The normalized spacial score (nSPS) is 11.6. The molecule has 1 atom stereocenters. The Morgan fingerprint density at radius 1 is 1.14 bits per heavy atom. The summed E-state index contributed by atoms with van der Waals surface area (Å²) in [6.45, 7) is 2.60. The summed E-state index contributed by atoms with van der Waals surface area (Å²) >= 11 is 0. The number of rotatable bonds is 7. The molecule has 1 rings (SSSR count). The van der Waals surface area contributed by atoms with Crippen molar-refractivity contribution >= 4 is 11.9 Å². The second-order valence-electron chi connectivity index (χ2n) is 4.66. The van der Waals surface area contributed by atoms with Crippen LogP contribution in [0.2, 0.25) is 0 Å². The summed E-state index contributed by atoms with van der Waals surface area (Å²) in [5.74, 6) is -0.579. The van der Waals surface area contributed by atoms with Gasteiger partial charge in [0.1, 0.15) is 5.82 Å². The van der Waals surface area contributed by atoms with Crippen molar-refractivity contribution in [2.24, 2.45) is 0 Å². The number of nitrogens with one attached hydrogen (secondary N) is 4. The van der Waals surface area contributed by atoms with Crippen molar-refractivity contribution in [3.05, 3.63) is 35.6 Å². The molecule has 7 heteroatoms. The molecule has 0 heterocycles. The van der Waals surface area contributed by atoms with E-state index in [1.807, 2.05) is 6.92 Å². The molecule has 6 nitrogen and oxygen atoms in total. The van der Waals surface area contributed by atoms with Gasteiger partial charge in [0.2, 0.25) is 5.91 Å². The Hall–Kier alpha value is -2.15. The molecule has 0 saturated heterocycles. The van der Waals surface area contributed by atoms with Gasteiger partial charge in [-0.05, 0) is 31.7 Å². The predicted molar refractivity (Wildman–Crippen MR) is 78.2 cm³/mol. The summed E-state index contributed by atoms with van der Waals surface area (Å²) in [5.41, 5.74) is 0.777. The minimum atomic E-state index is -0.448. The molecule has 21 heavy (non-hydrogen) atoms. The summed E-state index contributed by atoms with van der Waals surface area (Å²) in [4.78, 5) is 22.9. The van der Waals surface area contributed by atoms with Crippen molar-refractivity contribution < 1.29 is 14.0 Å². The first kappa shape index (κ1) is 16.9. The van der Waals surface area contributed by atoms with Gasteiger partial charge in [-0.3, -0.25) is 4.79 Å². The fourth-order valence-corrected chi connectivity index (χ4v) is 1.44.